The van der Waals surface area contributed by atoms with Crippen molar-refractivity contribution in [2.24, 2.45) is 11.7 Å². The van der Waals surface area contributed by atoms with E-state index in [1.54, 1.807) is 0 Å². The second-order valence-corrected chi connectivity index (χ2v) is 5.85. The average molecular weight is 224 g/mol. The van der Waals surface area contributed by atoms with Crippen LogP contribution >= 0.6 is 0 Å². The molecule has 2 fully saturated rings. The minimum atomic E-state index is 0.400. The Kier molecular flexibility index (Phi) is 4.26. The van der Waals surface area contributed by atoms with Gasteiger partial charge in [-0.3, -0.25) is 4.90 Å². The highest BCUT2D eigenvalue weighted by Crippen LogP contribution is 2.37. The van der Waals surface area contributed by atoms with Gasteiger partial charge >= 0.3 is 0 Å². The van der Waals surface area contributed by atoms with Gasteiger partial charge in [-0.15, -0.1) is 0 Å². The summed E-state index contributed by atoms with van der Waals surface area (Å²) in [5.74, 6) is 0.998. The highest BCUT2D eigenvalue weighted by molar-refractivity contribution is 4.97. The smallest absolute Gasteiger partial charge is 0.0331 e. The van der Waals surface area contributed by atoms with E-state index in [2.05, 4.69) is 11.8 Å². The molecule has 1 aliphatic heterocycles. The standard InChI is InChI=1S/C14H28N2/c1-2-5-13-6-10-16(11-7-13)14(12-15)8-3-4-9-14/h13H,2-12,15H2,1H3. The quantitative estimate of drug-likeness (QED) is 0.795. The fourth-order valence-corrected chi connectivity index (χ4v) is 3.79. The van der Waals surface area contributed by atoms with Gasteiger partial charge in [0.1, 0.15) is 0 Å². The van der Waals surface area contributed by atoms with E-state index in [0.717, 1.165) is 12.5 Å². The first-order chi connectivity index (χ1) is 7.80. The molecule has 0 atom stereocenters. The molecule has 1 saturated carbocycles. The van der Waals surface area contributed by atoms with Crippen LogP contribution in [0.1, 0.15) is 58.3 Å². The van der Waals surface area contributed by atoms with Gasteiger partial charge in [0.05, 0.1) is 0 Å². The summed E-state index contributed by atoms with van der Waals surface area (Å²) in [7, 11) is 0. The van der Waals surface area contributed by atoms with Crippen molar-refractivity contribution in [3.63, 3.8) is 0 Å². The zero-order valence-corrected chi connectivity index (χ0v) is 10.9. The number of likely N-dealkylation sites (tertiary alicyclic amines) is 1. The third-order valence-electron chi connectivity index (χ3n) is 4.90. The predicted molar refractivity (Wildman–Crippen MR) is 69.5 cm³/mol. The average Bonchev–Trinajstić information content (AvgIpc) is 2.80. The second-order valence-electron chi connectivity index (χ2n) is 5.85. The van der Waals surface area contributed by atoms with Gasteiger partial charge in [-0.25, -0.2) is 0 Å². The number of nitrogens with zero attached hydrogens (tertiary/aromatic N) is 1. The van der Waals surface area contributed by atoms with Crippen molar-refractivity contribution in [3.8, 4) is 0 Å². The van der Waals surface area contributed by atoms with Gasteiger partial charge in [0.2, 0.25) is 0 Å². The van der Waals surface area contributed by atoms with Crippen LogP contribution in [0, 0.1) is 5.92 Å². The first-order valence-electron chi connectivity index (χ1n) is 7.26. The van der Waals surface area contributed by atoms with Crippen LogP contribution in [0.2, 0.25) is 0 Å². The van der Waals surface area contributed by atoms with Crippen LogP contribution in [-0.2, 0) is 0 Å². The molecule has 0 aromatic rings. The number of hydrogen-bond acceptors (Lipinski definition) is 2. The van der Waals surface area contributed by atoms with Crippen molar-refractivity contribution >= 4 is 0 Å². The molecule has 0 radical (unpaired) electrons. The molecule has 1 heterocycles. The fourth-order valence-electron chi connectivity index (χ4n) is 3.79. The SMILES string of the molecule is CCCC1CCN(C2(CN)CCCC2)CC1. The molecule has 0 unspecified atom stereocenters. The summed E-state index contributed by atoms with van der Waals surface area (Å²) < 4.78 is 0. The molecule has 0 aromatic heterocycles. The van der Waals surface area contributed by atoms with Gasteiger partial charge < -0.3 is 5.73 Å². The molecule has 2 nitrogen and oxygen atoms in total. The lowest BCUT2D eigenvalue weighted by Crippen LogP contribution is -2.54. The van der Waals surface area contributed by atoms with E-state index in [1.807, 2.05) is 0 Å². The lowest BCUT2D eigenvalue weighted by Gasteiger charge is -2.44. The Morgan fingerprint density at radius 3 is 2.31 bits per heavy atom. The van der Waals surface area contributed by atoms with Crippen molar-refractivity contribution in [1.82, 2.24) is 4.90 Å². The predicted octanol–water partition coefficient (Wildman–Crippen LogP) is 2.77. The monoisotopic (exact) mass is 224 g/mol. The zero-order valence-electron chi connectivity index (χ0n) is 10.9. The van der Waals surface area contributed by atoms with Gasteiger partial charge in [0, 0.05) is 12.1 Å². The van der Waals surface area contributed by atoms with Gasteiger partial charge in [-0.1, -0.05) is 32.6 Å². The first-order valence-corrected chi connectivity index (χ1v) is 7.26. The number of nitrogens with two attached hydrogens (primary N) is 1. The molecule has 2 N–H and O–H groups in total. The van der Waals surface area contributed by atoms with Crippen molar-refractivity contribution in [2.75, 3.05) is 19.6 Å². The number of hydrogen-bond donors (Lipinski definition) is 1. The summed E-state index contributed by atoms with van der Waals surface area (Å²) in [5.41, 5.74) is 6.45. The number of rotatable bonds is 4. The maximum Gasteiger partial charge on any atom is 0.0331 e. The van der Waals surface area contributed by atoms with E-state index in [9.17, 15) is 0 Å². The Labute approximate surface area is 101 Å². The third kappa shape index (κ3) is 2.43. The highest BCUT2D eigenvalue weighted by atomic mass is 15.2. The van der Waals surface area contributed by atoms with E-state index < -0.39 is 0 Å². The van der Waals surface area contributed by atoms with Crippen molar-refractivity contribution in [2.45, 2.75) is 63.8 Å². The summed E-state index contributed by atoms with van der Waals surface area (Å²) in [6.07, 6.45) is 11.1. The van der Waals surface area contributed by atoms with Crippen molar-refractivity contribution in [3.05, 3.63) is 0 Å². The molecule has 2 heteroatoms. The Morgan fingerprint density at radius 1 is 1.19 bits per heavy atom. The Balaban J connectivity index is 1.87. The lowest BCUT2D eigenvalue weighted by atomic mass is 9.87. The van der Waals surface area contributed by atoms with E-state index in [0.29, 0.717) is 5.54 Å². The van der Waals surface area contributed by atoms with Crippen LogP contribution in [0.4, 0.5) is 0 Å². The summed E-state index contributed by atoms with van der Waals surface area (Å²) in [5, 5.41) is 0. The molecule has 94 valence electrons. The first kappa shape index (κ1) is 12.4. The van der Waals surface area contributed by atoms with E-state index >= 15 is 0 Å². The fraction of sp³-hybridized carbons (Fsp3) is 1.00. The lowest BCUT2D eigenvalue weighted by molar-refractivity contribution is 0.0572. The molecular formula is C14H28N2. The maximum absolute atomic E-state index is 6.05. The normalized spacial score (nSPS) is 27.4. The minimum Gasteiger partial charge on any atom is -0.329 e. The molecule has 1 aliphatic carbocycles. The van der Waals surface area contributed by atoms with Crippen LogP contribution in [0.5, 0.6) is 0 Å². The molecule has 0 aromatic carbocycles. The summed E-state index contributed by atoms with van der Waals surface area (Å²) in [4.78, 5) is 2.73. The van der Waals surface area contributed by atoms with Crippen LogP contribution in [0.25, 0.3) is 0 Å². The molecule has 0 spiro atoms. The Bertz CT molecular complexity index is 201. The number of piperidine rings is 1. The van der Waals surface area contributed by atoms with Gasteiger partial charge in [0.15, 0.2) is 0 Å². The maximum atomic E-state index is 6.05. The van der Waals surface area contributed by atoms with Gasteiger partial charge in [-0.05, 0) is 44.7 Å². The van der Waals surface area contributed by atoms with Crippen LogP contribution in [-0.4, -0.2) is 30.1 Å². The molecule has 2 rings (SSSR count). The van der Waals surface area contributed by atoms with Gasteiger partial charge in [0.25, 0.3) is 0 Å². The van der Waals surface area contributed by atoms with Gasteiger partial charge in [-0.2, -0.15) is 0 Å². The Hall–Kier alpha value is -0.0800. The highest BCUT2D eigenvalue weighted by Gasteiger charge is 2.39. The molecule has 2 aliphatic rings. The van der Waals surface area contributed by atoms with Crippen molar-refractivity contribution in [1.29, 1.82) is 0 Å². The van der Waals surface area contributed by atoms with Crippen LogP contribution in [0.3, 0.4) is 0 Å². The minimum absolute atomic E-state index is 0.400. The molecular weight excluding hydrogens is 196 g/mol. The van der Waals surface area contributed by atoms with E-state index in [-0.39, 0.29) is 0 Å². The van der Waals surface area contributed by atoms with Crippen LogP contribution < -0.4 is 5.73 Å². The molecule has 0 bridgehead atoms. The zero-order chi connectivity index (χ0) is 11.4. The largest absolute Gasteiger partial charge is 0.329 e. The Morgan fingerprint density at radius 2 is 1.81 bits per heavy atom. The van der Waals surface area contributed by atoms with Crippen LogP contribution in [0.15, 0.2) is 0 Å². The summed E-state index contributed by atoms with van der Waals surface area (Å²) in [6, 6.07) is 0. The molecule has 16 heavy (non-hydrogen) atoms. The van der Waals surface area contributed by atoms with E-state index in [1.165, 1.54) is 64.5 Å². The topological polar surface area (TPSA) is 29.3 Å². The second kappa shape index (κ2) is 5.50. The van der Waals surface area contributed by atoms with E-state index in [4.69, 9.17) is 5.73 Å². The van der Waals surface area contributed by atoms with Crippen molar-refractivity contribution < 1.29 is 0 Å². The molecule has 1 saturated heterocycles. The third-order valence-corrected chi connectivity index (χ3v) is 4.90. The summed E-state index contributed by atoms with van der Waals surface area (Å²) in [6.45, 7) is 5.81. The summed E-state index contributed by atoms with van der Waals surface area (Å²) >= 11 is 0. The molecule has 0 amide bonds.